The molecule has 12 nitrogen and oxygen atoms in total. The van der Waals surface area contributed by atoms with E-state index in [0.717, 1.165) is 22.0 Å². The Kier molecular flexibility index (Phi) is 10.7. The zero-order valence-electron chi connectivity index (χ0n) is 24.0. The van der Waals surface area contributed by atoms with Crippen LogP contribution in [0.1, 0.15) is 43.2 Å². The van der Waals surface area contributed by atoms with E-state index in [1.54, 1.807) is 18.3 Å². The fourth-order valence-corrected chi connectivity index (χ4v) is 5.51. The van der Waals surface area contributed by atoms with Gasteiger partial charge in [0.05, 0.1) is 6.04 Å². The van der Waals surface area contributed by atoms with Crippen molar-refractivity contribution in [3.63, 3.8) is 0 Å². The number of aromatic nitrogens is 1. The molecule has 3 amide bonds. The highest BCUT2D eigenvalue weighted by atomic mass is 16.4. The maximum Gasteiger partial charge on any atom is 0.326 e. The van der Waals surface area contributed by atoms with Crippen molar-refractivity contribution in [2.45, 2.75) is 69.1 Å². The lowest BCUT2D eigenvalue weighted by Gasteiger charge is -2.29. The number of carboxylic acids is 1. The summed E-state index contributed by atoms with van der Waals surface area (Å²) < 4.78 is 0. The SMILES string of the molecule is NCCCCC(NC(=O)C(Cc1c[nH]c2ccccc12)NC(=O)C1CCCN1C(=O)C(N)Cc1ccc(O)cc1)C(=O)O. The molecule has 43 heavy (non-hydrogen) atoms. The number of aromatic amines is 1. The predicted octanol–water partition coefficient (Wildman–Crippen LogP) is 1.16. The van der Waals surface area contributed by atoms with Gasteiger partial charge in [-0.1, -0.05) is 30.3 Å². The number of carboxylic acid groups (broad SMARTS) is 1. The highest BCUT2D eigenvalue weighted by Crippen LogP contribution is 2.22. The zero-order valence-corrected chi connectivity index (χ0v) is 24.0. The maximum absolute atomic E-state index is 13.6. The normalized spacial score (nSPS) is 16.9. The number of nitrogens with zero attached hydrogens (tertiary/aromatic N) is 1. The number of amides is 3. The second-order valence-electron chi connectivity index (χ2n) is 11.0. The summed E-state index contributed by atoms with van der Waals surface area (Å²) in [6, 6.07) is 10.0. The molecule has 1 aliphatic rings. The van der Waals surface area contributed by atoms with E-state index in [9.17, 15) is 29.4 Å². The highest BCUT2D eigenvalue weighted by molar-refractivity contribution is 5.95. The molecule has 1 aliphatic heterocycles. The Morgan fingerprint density at radius 3 is 2.47 bits per heavy atom. The number of nitrogens with one attached hydrogen (secondary N) is 3. The Hall–Kier alpha value is -4.42. The van der Waals surface area contributed by atoms with Crippen LogP contribution in [0.25, 0.3) is 10.9 Å². The van der Waals surface area contributed by atoms with Gasteiger partial charge < -0.3 is 42.2 Å². The van der Waals surface area contributed by atoms with Crippen molar-refractivity contribution < 1.29 is 29.4 Å². The molecule has 1 aromatic heterocycles. The number of carbonyl (C=O) groups is 4. The molecule has 0 spiro atoms. The van der Waals surface area contributed by atoms with Crippen molar-refractivity contribution in [2.75, 3.05) is 13.1 Å². The number of aliphatic carboxylic acids is 1. The van der Waals surface area contributed by atoms with Crippen LogP contribution in [0.3, 0.4) is 0 Å². The van der Waals surface area contributed by atoms with Gasteiger partial charge in [-0.25, -0.2) is 4.79 Å². The van der Waals surface area contributed by atoms with E-state index < -0.39 is 42.0 Å². The van der Waals surface area contributed by atoms with Gasteiger partial charge in [-0.15, -0.1) is 0 Å². The van der Waals surface area contributed by atoms with E-state index in [4.69, 9.17) is 11.5 Å². The van der Waals surface area contributed by atoms with Gasteiger partial charge in [-0.3, -0.25) is 14.4 Å². The minimum Gasteiger partial charge on any atom is -0.508 e. The fraction of sp³-hybridized carbons (Fsp3) is 0.419. The van der Waals surface area contributed by atoms with Crippen LogP contribution in [0.5, 0.6) is 5.75 Å². The van der Waals surface area contributed by atoms with Crippen LogP contribution in [-0.4, -0.2) is 81.0 Å². The van der Waals surface area contributed by atoms with Crippen LogP contribution in [0, 0.1) is 0 Å². The Morgan fingerprint density at radius 2 is 1.74 bits per heavy atom. The summed E-state index contributed by atoms with van der Waals surface area (Å²) in [6.07, 6.45) is 4.45. The van der Waals surface area contributed by atoms with E-state index in [1.807, 2.05) is 24.3 Å². The van der Waals surface area contributed by atoms with E-state index >= 15 is 0 Å². The molecule has 230 valence electrons. The van der Waals surface area contributed by atoms with E-state index in [-0.39, 0.29) is 30.9 Å². The standard InChI is InChI=1S/C31H40N6O6/c32-14-4-3-8-25(31(42)43)35-28(39)26(17-20-18-34-24-7-2-1-6-22(20)24)36-29(40)27-9-5-15-37(27)30(41)23(33)16-19-10-12-21(38)13-11-19/h1-2,6-7,10-13,18,23,25-27,34,38H,3-5,8-9,14-17,32-33H2,(H,35,39)(H,36,40)(H,42,43). The number of fused-ring (bicyclic) bond motifs is 1. The molecule has 0 bridgehead atoms. The fourth-order valence-electron chi connectivity index (χ4n) is 5.51. The number of para-hydroxylation sites is 1. The number of phenols is 1. The summed E-state index contributed by atoms with van der Waals surface area (Å²) in [6.45, 7) is 0.760. The second-order valence-corrected chi connectivity index (χ2v) is 11.0. The molecule has 12 heteroatoms. The molecule has 1 fully saturated rings. The predicted molar refractivity (Wildman–Crippen MR) is 161 cm³/mol. The molecule has 2 aromatic carbocycles. The third kappa shape index (κ3) is 8.11. The maximum atomic E-state index is 13.6. The first-order valence-corrected chi connectivity index (χ1v) is 14.6. The minimum atomic E-state index is -1.17. The molecular formula is C31H40N6O6. The molecule has 2 heterocycles. The summed E-state index contributed by atoms with van der Waals surface area (Å²) in [5.74, 6) is -2.57. The van der Waals surface area contributed by atoms with Crippen LogP contribution in [0.15, 0.2) is 54.7 Å². The van der Waals surface area contributed by atoms with Gasteiger partial charge in [0.25, 0.3) is 0 Å². The molecule has 1 saturated heterocycles. The second kappa shape index (κ2) is 14.7. The van der Waals surface area contributed by atoms with Gasteiger partial charge in [-0.2, -0.15) is 0 Å². The summed E-state index contributed by atoms with van der Waals surface area (Å²) >= 11 is 0. The molecule has 0 saturated carbocycles. The summed E-state index contributed by atoms with van der Waals surface area (Å²) in [5, 5.41) is 25.5. The average molecular weight is 593 g/mol. The first kappa shape index (κ1) is 31.5. The van der Waals surface area contributed by atoms with Crippen LogP contribution in [0.2, 0.25) is 0 Å². The Labute approximate surface area is 249 Å². The summed E-state index contributed by atoms with van der Waals surface area (Å²) in [7, 11) is 0. The van der Waals surface area contributed by atoms with Gasteiger partial charge in [-0.05, 0) is 74.4 Å². The molecule has 3 aromatic rings. The Bertz CT molecular complexity index is 1420. The number of unbranched alkanes of at least 4 members (excludes halogenated alkanes) is 1. The van der Waals surface area contributed by atoms with Gasteiger partial charge in [0.2, 0.25) is 17.7 Å². The zero-order chi connectivity index (χ0) is 30.9. The lowest BCUT2D eigenvalue weighted by molar-refractivity contribution is -0.143. The highest BCUT2D eigenvalue weighted by Gasteiger charge is 2.38. The number of phenolic OH excluding ortho intramolecular Hbond substituents is 1. The molecule has 0 aliphatic carbocycles. The van der Waals surface area contributed by atoms with Crippen molar-refractivity contribution in [3.8, 4) is 5.75 Å². The van der Waals surface area contributed by atoms with Crippen molar-refractivity contribution in [2.24, 2.45) is 11.5 Å². The van der Waals surface area contributed by atoms with Crippen LogP contribution >= 0.6 is 0 Å². The summed E-state index contributed by atoms with van der Waals surface area (Å²) in [4.78, 5) is 57.0. The summed E-state index contributed by atoms with van der Waals surface area (Å²) in [5.41, 5.74) is 14.2. The number of H-pyrrole nitrogens is 1. The average Bonchev–Trinajstić information content (AvgIpc) is 3.65. The van der Waals surface area contributed by atoms with Crippen LogP contribution in [0.4, 0.5) is 0 Å². The van der Waals surface area contributed by atoms with Crippen molar-refractivity contribution >= 4 is 34.6 Å². The number of rotatable bonds is 14. The molecule has 4 unspecified atom stereocenters. The van der Waals surface area contributed by atoms with Gasteiger partial charge in [0.15, 0.2) is 0 Å². The topological polar surface area (TPSA) is 204 Å². The smallest absolute Gasteiger partial charge is 0.326 e. The number of nitrogens with two attached hydrogens (primary N) is 2. The third-order valence-corrected chi connectivity index (χ3v) is 7.84. The van der Waals surface area contributed by atoms with E-state index in [1.165, 1.54) is 17.0 Å². The van der Waals surface area contributed by atoms with Gasteiger partial charge in [0, 0.05) is 30.1 Å². The van der Waals surface area contributed by atoms with Crippen molar-refractivity contribution in [3.05, 3.63) is 65.9 Å². The Balaban J connectivity index is 1.50. The number of hydrogen-bond donors (Lipinski definition) is 7. The van der Waals surface area contributed by atoms with Crippen LogP contribution < -0.4 is 22.1 Å². The van der Waals surface area contributed by atoms with Crippen molar-refractivity contribution in [1.82, 2.24) is 20.5 Å². The third-order valence-electron chi connectivity index (χ3n) is 7.84. The monoisotopic (exact) mass is 592 g/mol. The quantitative estimate of drug-likeness (QED) is 0.135. The Morgan fingerprint density at radius 1 is 1.00 bits per heavy atom. The molecule has 0 radical (unpaired) electrons. The molecular weight excluding hydrogens is 552 g/mol. The molecule has 9 N–H and O–H groups in total. The first-order chi connectivity index (χ1) is 20.7. The number of likely N-dealkylation sites (tertiary alicyclic amines) is 1. The van der Waals surface area contributed by atoms with E-state index in [2.05, 4.69) is 15.6 Å². The number of aromatic hydroxyl groups is 1. The van der Waals surface area contributed by atoms with Crippen LogP contribution in [-0.2, 0) is 32.0 Å². The van der Waals surface area contributed by atoms with Gasteiger partial charge >= 0.3 is 5.97 Å². The minimum absolute atomic E-state index is 0.108. The van der Waals surface area contributed by atoms with Crippen molar-refractivity contribution in [1.29, 1.82) is 0 Å². The molecule has 4 atom stereocenters. The largest absolute Gasteiger partial charge is 0.508 e. The molecule has 4 rings (SSSR count). The lowest BCUT2D eigenvalue weighted by atomic mass is 10.0. The number of carbonyl (C=O) groups excluding carboxylic acids is 3. The van der Waals surface area contributed by atoms with Gasteiger partial charge in [0.1, 0.15) is 23.9 Å². The number of benzene rings is 2. The first-order valence-electron chi connectivity index (χ1n) is 14.6. The van der Waals surface area contributed by atoms with E-state index in [0.29, 0.717) is 38.8 Å². The lowest BCUT2D eigenvalue weighted by Crippen LogP contribution is -2.57. The number of hydrogen-bond acceptors (Lipinski definition) is 7.